The third-order valence-electron chi connectivity index (χ3n) is 2.84. The van der Waals surface area contributed by atoms with Crippen molar-refractivity contribution in [1.29, 1.82) is 0 Å². The van der Waals surface area contributed by atoms with Crippen LogP contribution in [0.4, 0.5) is 5.69 Å². The Kier molecular flexibility index (Phi) is 3.78. The molecule has 2 aromatic rings. The highest BCUT2D eigenvalue weighted by Crippen LogP contribution is 2.26. The molecule has 0 saturated carbocycles. The van der Waals surface area contributed by atoms with E-state index < -0.39 is 0 Å². The van der Waals surface area contributed by atoms with E-state index in [-0.39, 0.29) is 5.75 Å². The first kappa shape index (κ1) is 12.4. The second-order valence-corrected chi connectivity index (χ2v) is 4.53. The zero-order chi connectivity index (χ0) is 13.0. The largest absolute Gasteiger partial charge is 0.507 e. The van der Waals surface area contributed by atoms with Gasteiger partial charge in [0.1, 0.15) is 5.75 Å². The number of aromatic hydroxyl groups is 1. The second kappa shape index (κ2) is 5.50. The summed E-state index contributed by atoms with van der Waals surface area (Å²) in [5.74, 6) is 0.686. The molecule has 0 aliphatic rings. The van der Waals surface area contributed by atoms with Crippen LogP contribution in [0.2, 0.25) is 0 Å². The summed E-state index contributed by atoms with van der Waals surface area (Å²) in [5.41, 5.74) is 2.90. The molecule has 0 heterocycles. The number of benzene rings is 2. The van der Waals surface area contributed by atoms with Gasteiger partial charge in [-0.1, -0.05) is 44.2 Å². The lowest BCUT2D eigenvalue weighted by Gasteiger charge is -2.08. The van der Waals surface area contributed by atoms with Gasteiger partial charge in [-0.05, 0) is 29.7 Å². The molecule has 2 aromatic carbocycles. The molecule has 2 heteroatoms. The highest BCUT2D eigenvalue weighted by molar-refractivity contribution is 5.85. The van der Waals surface area contributed by atoms with E-state index in [2.05, 4.69) is 24.9 Å². The molecule has 2 rings (SSSR count). The minimum atomic E-state index is 0.253. The van der Waals surface area contributed by atoms with Gasteiger partial charge in [-0.3, -0.25) is 4.99 Å². The number of aliphatic imine (C=N–C) groups is 1. The summed E-state index contributed by atoms with van der Waals surface area (Å²) in [6, 6.07) is 15.3. The normalized spacial score (nSPS) is 11.3. The average Bonchev–Trinajstić information content (AvgIpc) is 2.38. The standard InChI is InChI=1S/C16H17NO/c1-12(2)14-8-4-5-9-15(14)17-11-13-7-3-6-10-16(13)18/h3-12,18H,1-2H3. The maximum atomic E-state index is 9.68. The molecule has 0 spiro atoms. The van der Waals surface area contributed by atoms with Gasteiger partial charge in [0.15, 0.2) is 0 Å². The summed E-state index contributed by atoms with van der Waals surface area (Å²) in [5, 5.41) is 9.68. The van der Waals surface area contributed by atoms with Crippen LogP contribution in [0.15, 0.2) is 53.5 Å². The van der Waals surface area contributed by atoms with Crippen LogP contribution in [-0.2, 0) is 0 Å². The van der Waals surface area contributed by atoms with Crippen LogP contribution in [0.1, 0.15) is 30.9 Å². The summed E-state index contributed by atoms with van der Waals surface area (Å²) < 4.78 is 0. The topological polar surface area (TPSA) is 32.6 Å². The van der Waals surface area contributed by atoms with Crippen molar-refractivity contribution in [2.75, 3.05) is 0 Å². The van der Waals surface area contributed by atoms with Crippen molar-refractivity contribution in [3.05, 3.63) is 59.7 Å². The molecule has 1 N–H and O–H groups in total. The zero-order valence-electron chi connectivity index (χ0n) is 10.7. The molecule has 92 valence electrons. The zero-order valence-corrected chi connectivity index (χ0v) is 10.7. The van der Waals surface area contributed by atoms with Crippen molar-refractivity contribution in [1.82, 2.24) is 0 Å². The summed E-state index contributed by atoms with van der Waals surface area (Å²) in [7, 11) is 0. The van der Waals surface area contributed by atoms with E-state index in [0.717, 1.165) is 11.3 Å². The average molecular weight is 239 g/mol. The van der Waals surface area contributed by atoms with E-state index in [1.54, 1.807) is 18.3 Å². The van der Waals surface area contributed by atoms with Gasteiger partial charge in [-0.15, -0.1) is 0 Å². The number of hydrogen-bond acceptors (Lipinski definition) is 2. The third-order valence-corrected chi connectivity index (χ3v) is 2.84. The number of phenols is 1. The van der Waals surface area contributed by atoms with Crippen LogP contribution in [0.5, 0.6) is 5.75 Å². The van der Waals surface area contributed by atoms with E-state index in [1.165, 1.54) is 5.56 Å². The van der Waals surface area contributed by atoms with Crippen LogP contribution >= 0.6 is 0 Å². The number of para-hydroxylation sites is 2. The van der Waals surface area contributed by atoms with Crippen molar-refractivity contribution in [3.8, 4) is 5.75 Å². The lowest BCUT2D eigenvalue weighted by atomic mass is 10.0. The number of rotatable bonds is 3. The van der Waals surface area contributed by atoms with Crippen LogP contribution in [0, 0.1) is 0 Å². The van der Waals surface area contributed by atoms with Gasteiger partial charge in [-0.2, -0.15) is 0 Å². The van der Waals surface area contributed by atoms with Crippen LogP contribution in [0.3, 0.4) is 0 Å². The smallest absolute Gasteiger partial charge is 0.124 e. The Hall–Kier alpha value is -2.09. The minimum absolute atomic E-state index is 0.253. The van der Waals surface area contributed by atoms with E-state index in [9.17, 15) is 5.11 Å². The molecular formula is C16H17NO. The lowest BCUT2D eigenvalue weighted by Crippen LogP contribution is -1.88. The quantitative estimate of drug-likeness (QED) is 0.797. The predicted octanol–water partition coefficient (Wildman–Crippen LogP) is 4.27. The minimum Gasteiger partial charge on any atom is -0.507 e. The van der Waals surface area contributed by atoms with Gasteiger partial charge in [0.2, 0.25) is 0 Å². The molecule has 0 unspecified atom stereocenters. The first-order valence-corrected chi connectivity index (χ1v) is 6.09. The van der Waals surface area contributed by atoms with E-state index in [1.807, 2.05) is 30.3 Å². The fourth-order valence-corrected chi connectivity index (χ4v) is 1.83. The van der Waals surface area contributed by atoms with Gasteiger partial charge in [0, 0.05) is 11.8 Å². The molecule has 0 saturated heterocycles. The molecule has 18 heavy (non-hydrogen) atoms. The molecule has 0 aliphatic heterocycles. The molecule has 0 amide bonds. The van der Waals surface area contributed by atoms with Gasteiger partial charge in [-0.25, -0.2) is 0 Å². The predicted molar refractivity (Wildman–Crippen MR) is 75.9 cm³/mol. The van der Waals surface area contributed by atoms with Gasteiger partial charge < -0.3 is 5.11 Å². The Morgan fingerprint density at radius 1 is 1.00 bits per heavy atom. The van der Waals surface area contributed by atoms with Crippen molar-refractivity contribution in [2.45, 2.75) is 19.8 Å². The maximum Gasteiger partial charge on any atom is 0.124 e. The summed E-state index contributed by atoms with van der Waals surface area (Å²) in [6.45, 7) is 4.29. The number of phenolic OH excluding ortho intramolecular Hbond substituents is 1. The van der Waals surface area contributed by atoms with Crippen molar-refractivity contribution < 1.29 is 5.11 Å². The van der Waals surface area contributed by atoms with Gasteiger partial charge >= 0.3 is 0 Å². The van der Waals surface area contributed by atoms with E-state index in [4.69, 9.17) is 0 Å². The summed E-state index contributed by atoms with van der Waals surface area (Å²) in [6.07, 6.45) is 1.70. The van der Waals surface area contributed by atoms with Crippen molar-refractivity contribution in [3.63, 3.8) is 0 Å². The summed E-state index contributed by atoms with van der Waals surface area (Å²) >= 11 is 0. The molecule has 0 aliphatic carbocycles. The molecule has 0 radical (unpaired) electrons. The molecular weight excluding hydrogens is 222 g/mol. The van der Waals surface area contributed by atoms with Crippen LogP contribution in [-0.4, -0.2) is 11.3 Å². The fourth-order valence-electron chi connectivity index (χ4n) is 1.83. The fraction of sp³-hybridized carbons (Fsp3) is 0.188. The van der Waals surface area contributed by atoms with Crippen molar-refractivity contribution in [2.24, 2.45) is 4.99 Å². The van der Waals surface area contributed by atoms with Crippen molar-refractivity contribution >= 4 is 11.9 Å². The van der Waals surface area contributed by atoms with Crippen LogP contribution in [0.25, 0.3) is 0 Å². The Labute approximate surface area is 108 Å². The summed E-state index contributed by atoms with van der Waals surface area (Å²) in [4.78, 5) is 4.47. The number of hydrogen-bond donors (Lipinski definition) is 1. The first-order chi connectivity index (χ1) is 8.68. The molecule has 2 nitrogen and oxygen atoms in total. The molecule has 0 bridgehead atoms. The maximum absolute atomic E-state index is 9.68. The lowest BCUT2D eigenvalue weighted by molar-refractivity contribution is 0.474. The Morgan fingerprint density at radius 2 is 1.67 bits per heavy atom. The monoisotopic (exact) mass is 239 g/mol. The highest BCUT2D eigenvalue weighted by Gasteiger charge is 2.04. The third kappa shape index (κ3) is 2.77. The van der Waals surface area contributed by atoms with Crippen LogP contribution < -0.4 is 0 Å². The molecule has 0 atom stereocenters. The Bertz CT molecular complexity index is 559. The van der Waals surface area contributed by atoms with E-state index in [0.29, 0.717) is 5.92 Å². The van der Waals surface area contributed by atoms with E-state index >= 15 is 0 Å². The Morgan fingerprint density at radius 3 is 2.39 bits per heavy atom. The molecule has 0 fully saturated rings. The second-order valence-electron chi connectivity index (χ2n) is 4.53. The van der Waals surface area contributed by atoms with Gasteiger partial charge in [0.25, 0.3) is 0 Å². The number of nitrogens with zero attached hydrogens (tertiary/aromatic N) is 1. The van der Waals surface area contributed by atoms with Gasteiger partial charge in [0.05, 0.1) is 5.69 Å². The molecule has 0 aromatic heterocycles. The first-order valence-electron chi connectivity index (χ1n) is 6.09. The Balaban J connectivity index is 2.32. The highest BCUT2D eigenvalue weighted by atomic mass is 16.3. The SMILES string of the molecule is CC(C)c1ccccc1N=Cc1ccccc1O.